The van der Waals surface area contributed by atoms with E-state index in [0.29, 0.717) is 23.5 Å². The van der Waals surface area contributed by atoms with Crippen molar-refractivity contribution in [3.05, 3.63) is 104 Å². The molecule has 0 bridgehead atoms. The number of non-ortho nitro benzene ring substituents is 1. The second-order valence-electron chi connectivity index (χ2n) is 7.00. The number of benzene rings is 3. The van der Waals surface area contributed by atoms with E-state index in [1.807, 2.05) is 36.4 Å². The summed E-state index contributed by atoms with van der Waals surface area (Å²) in [6.07, 6.45) is -0.843. The number of hydrazone groups is 1. The molecule has 1 unspecified atom stereocenters. The summed E-state index contributed by atoms with van der Waals surface area (Å²) < 4.78 is 12.8. The van der Waals surface area contributed by atoms with Crippen LogP contribution in [0.4, 0.5) is 5.69 Å². The number of halogens is 1. The third-order valence-electron chi connectivity index (χ3n) is 4.76. The lowest BCUT2D eigenvalue weighted by molar-refractivity contribution is -0.384. The second-order valence-corrected chi connectivity index (χ2v) is 7.92. The topological polar surface area (TPSA) is 94.3 Å². The lowest BCUT2D eigenvalue weighted by Crippen LogP contribution is -2.25. The van der Waals surface area contributed by atoms with Gasteiger partial charge in [-0.25, -0.2) is 0 Å². The van der Waals surface area contributed by atoms with Crippen LogP contribution in [0.5, 0.6) is 5.75 Å². The Kier molecular flexibility index (Phi) is 6.18. The first-order valence-corrected chi connectivity index (χ1v) is 10.5. The number of amides is 1. The van der Waals surface area contributed by atoms with Gasteiger partial charge >= 0.3 is 0 Å². The first kappa shape index (κ1) is 21.5. The van der Waals surface area contributed by atoms with Crippen molar-refractivity contribution in [1.82, 2.24) is 5.01 Å². The summed E-state index contributed by atoms with van der Waals surface area (Å²) in [4.78, 5) is 22.7. The Hall–Kier alpha value is -3.72. The van der Waals surface area contributed by atoms with E-state index < -0.39 is 11.2 Å². The molecule has 0 radical (unpaired) electrons. The number of nitrogens with zero attached hydrogens (tertiary/aromatic N) is 3. The monoisotopic (exact) mass is 495 g/mol. The van der Waals surface area contributed by atoms with Gasteiger partial charge in [0.05, 0.1) is 10.5 Å². The number of ether oxygens (including phenoxy) is 2. The van der Waals surface area contributed by atoms with Crippen LogP contribution in [0.3, 0.4) is 0 Å². The Labute approximate surface area is 192 Å². The molecule has 3 aromatic rings. The molecule has 0 fully saturated rings. The highest BCUT2D eigenvalue weighted by molar-refractivity contribution is 9.10. The Morgan fingerprint density at radius 1 is 1.16 bits per heavy atom. The largest absolute Gasteiger partial charge is 0.488 e. The van der Waals surface area contributed by atoms with Crippen molar-refractivity contribution >= 4 is 33.4 Å². The van der Waals surface area contributed by atoms with Gasteiger partial charge in [0.15, 0.2) is 0 Å². The van der Waals surface area contributed by atoms with Crippen LogP contribution in [0.1, 0.15) is 29.8 Å². The SMILES string of the molecule is CC(=O)N1N=C(c2cc(Br)ccc2OCc2ccccc2)OC1c1ccc([N+](=O)[O-])cc1. The van der Waals surface area contributed by atoms with Crippen molar-refractivity contribution in [2.24, 2.45) is 5.10 Å². The van der Waals surface area contributed by atoms with E-state index in [0.717, 1.165) is 10.0 Å². The van der Waals surface area contributed by atoms with Gasteiger partial charge < -0.3 is 9.47 Å². The first-order valence-electron chi connectivity index (χ1n) is 9.68. The smallest absolute Gasteiger partial charge is 0.269 e. The first-order chi connectivity index (χ1) is 15.4. The third-order valence-corrected chi connectivity index (χ3v) is 5.26. The lowest BCUT2D eigenvalue weighted by atomic mass is 10.1. The van der Waals surface area contributed by atoms with Crippen molar-refractivity contribution in [1.29, 1.82) is 0 Å². The van der Waals surface area contributed by atoms with E-state index >= 15 is 0 Å². The number of rotatable bonds is 6. The van der Waals surface area contributed by atoms with Crippen molar-refractivity contribution in [2.45, 2.75) is 19.8 Å². The molecule has 32 heavy (non-hydrogen) atoms. The minimum atomic E-state index is -0.843. The van der Waals surface area contributed by atoms with Gasteiger partial charge in [-0.2, -0.15) is 5.01 Å². The number of hydrogen-bond donors (Lipinski definition) is 0. The van der Waals surface area contributed by atoms with Crippen LogP contribution in [0.25, 0.3) is 0 Å². The third kappa shape index (κ3) is 4.62. The van der Waals surface area contributed by atoms with Gasteiger partial charge in [-0.15, -0.1) is 5.10 Å². The summed E-state index contributed by atoms with van der Waals surface area (Å²) in [6, 6.07) is 21.0. The van der Waals surface area contributed by atoms with Crippen molar-refractivity contribution in [3.63, 3.8) is 0 Å². The van der Waals surface area contributed by atoms with E-state index in [1.54, 1.807) is 24.3 Å². The molecule has 8 nitrogen and oxygen atoms in total. The molecule has 1 heterocycles. The maximum Gasteiger partial charge on any atom is 0.269 e. The Balaban J connectivity index is 1.63. The van der Waals surface area contributed by atoms with E-state index in [-0.39, 0.29) is 17.5 Å². The average Bonchev–Trinajstić information content (AvgIpc) is 3.25. The summed E-state index contributed by atoms with van der Waals surface area (Å²) in [6.45, 7) is 1.73. The molecule has 3 aromatic carbocycles. The van der Waals surface area contributed by atoms with Crippen LogP contribution in [-0.4, -0.2) is 21.7 Å². The van der Waals surface area contributed by atoms with Crippen molar-refractivity contribution in [3.8, 4) is 5.75 Å². The standard InChI is InChI=1S/C23H18BrN3O5/c1-15(28)26-23(17-7-10-19(11-8-17)27(29)30)32-22(25-26)20-13-18(24)9-12-21(20)31-14-16-5-3-2-4-6-16/h2-13,23H,14H2,1H3. The summed E-state index contributed by atoms with van der Waals surface area (Å²) in [7, 11) is 0. The summed E-state index contributed by atoms with van der Waals surface area (Å²) in [5, 5.41) is 16.5. The minimum absolute atomic E-state index is 0.0501. The molecule has 0 N–H and O–H groups in total. The summed E-state index contributed by atoms with van der Waals surface area (Å²) >= 11 is 3.45. The van der Waals surface area contributed by atoms with Crippen LogP contribution in [0.15, 0.2) is 82.4 Å². The van der Waals surface area contributed by atoms with Crippen LogP contribution in [0.2, 0.25) is 0 Å². The molecule has 0 aliphatic carbocycles. The zero-order valence-corrected chi connectivity index (χ0v) is 18.6. The Bertz CT molecular complexity index is 1180. The number of carbonyl (C=O) groups excluding carboxylic acids is 1. The number of carbonyl (C=O) groups is 1. The fraction of sp³-hybridized carbons (Fsp3) is 0.130. The van der Waals surface area contributed by atoms with Crippen LogP contribution in [-0.2, 0) is 16.1 Å². The fourth-order valence-corrected chi connectivity index (χ4v) is 3.54. The highest BCUT2D eigenvalue weighted by atomic mass is 79.9. The van der Waals surface area contributed by atoms with Gasteiger partial charge in [0.25, 0.3) is 5.69 Å². The van der Waals surface area contributed by atoms with Gasteiger partial charge in [0, 0.05) is 29.1 Å². The van der Waals surface area contributed by atoms with Gasteiger partial charge in [0.1, 0.15) is 12.4 Å². The normalized spacial score (nSPS) is 15.1. The predicted molar refractivity (Wildman–Crippen MR) is 121 cm³/mol. The quantitative estimate of drug-likeness (QED) is 0.347. The van der Waals surface area contributed by atoms with Gasteiger partial charge in [-0.1, -0.05) is 46.3 Å². The van der Waals surface area contributed by atoms with E-state index in [4.69, 9.17) is 9.47 Å². The van der Waals surface area contributed by atoms with Crippen LogP contribution < -0.4 is 4.74 Å². The Morgan fingerprint density at radius 3 is 2.53 bits per heavy atom. The highest BCUT2D eigenvalue weighted by Crippen LogP contribution is 2.34. The molecular formula is C23H18BrN3O5. The maximum absolute atomic E-state index is 12.2. The molecule has 1 atom stereocenters. The summed E-state index contributed by atoms with van der Waals surface area (Å²) in [5.74, 6) is 0.432. The zero-order valence-electron chi connectivity index (χ0n) is 17.0. The highest BCUT2D eigenvalue weighted by Gasteiger charge is 2.34. The van der Waals surface area contributed by atoms with Gasteiger partial charge in [0.2, 0.25) is 18.0 Å². The van der Waals surface area contributed by atoms with Gasteiger partial charge in [-0.3, -0.25) is 14.9 Å². The minimum Gasteiger partial charge on any atom is -0.488 e. The fourth-order valence-electron chi connectivity index (χ4n) is 3.18. The number of nitro benzene ring substituents is 1. The van der Waals surface area contributed by atoms with E-state index in [9.17, 15) is 14.9 Å². The predicted octanol–water partition coefficient (Wildman–Crippen LogP) is 5.18. The van der Waals surface area contributed by atoms with E-state index in [2.05, 4.69) is 21.0 Å². The molecule has 0 spiro atoms. The zero-order chi connectivity index (χ0) is 22.7. The van der Waals surface area contributed by atoms with Crippen molar-refractivity contribution in [2.75, 3.05) is 0 Å². The molecule has 1 aliphatic heterocycles. The Morgan fingerprint density at radius 2 is 1.88 bits per heavy atom. The van der Waals surface area contributed by atoms with Crippen LogP contribution >= 0.6 is 15.9 Å². The lowest BCUT2D eigenvalue weighted by Gasteiger charge is -2.19. The molecular weight excluding hydrogens is 478 g/mol. The number of hydrogen-bond acceptors (Lipinski definition) is 6. The van der Waals surface area contributed by atoms with Gasteiger partial charge in [-0.05, 0) is 35.9 Å². The molecule has 0 aromatic heterocycles. The van der Waals surface area contributed by atoms with Crippen LogP contribution in [0, 0.1) is 10.1 Å². The molecule has 9 heteroatoms. The molecule has 162 valence electrons. The molecule has 0 saturated carbocycles. The molecule has 0 saturated heterocycles. The maximum atomic E-state index is 12.2. The average molecular weight is 496 g/mol. The van der Waals surface area contributed by atoms with E-state index in [1.165, 1.54) is 24.1 Å². The molecule has 4 rings (SSSR count). The summed E-state index contributed by atoms with van der Waals surface area (Å²) in [5.41, 5.74) is 2.09. The molecule has 1 amide bonds. The number of nitro groups is 1. The second kappa shape index (κ2) is 9.19. The van der Waals surface area contributed by atoms with Crippen molar-refractivity contribution < 1.29 is 19.2 Å². The molecule has 1 aliphatic rings.